The highest BCUT2D eigenvalue weighted by Crippen LogP contribution is 2.26. The molecule has 1 unspecified atom stereocenters. The Balaban J connectivity index is 1.65. The van der Waals surface area contributed by atoms with E-state index in [9.17, 15) is 4.79 Å². The van der Waals surface area contributed by atoms with Gasteiger partial charge in [-0.3, -0.25) is 9.79 Å². The van der Waals surface area contributed by atoms with Gasteiger partial charge in [0, 0.05) is 16.8 Å². The van der Waals surface area contributed by atoms with Gasteiger partial charge in [0.2, 0.25) is 0 Å². The highest BCUT2D eigenvalue weighted by molar-refractivity contribution is 6.30. The van der Waals surface area contributed by atoms with E-state index >= 15 is 0 Å². The largest absolute Gasteiger partial charge is 0.497 e. The van der Waals surface area contributed by atoms with Crippen LogP contribution in [0.4, 0.5) is 0 Å². The molecule has 2 aromatic rings. The molecule has 0 aliphatic rings. The molecule has 0 N–H and O–H groups in total. The quantitative estimate of drug-likeness (QED) is 0.0922. The summed E-state index contributed by atoms with van der Waals surface area (Å²) < 4.78 is 5.36. The number of ether oxygens (including phenoxy) is 1. The van der Waals surface area contributed by atoms with Crippen molar-refractivity contribution in [2.24, 2.45) is 4.99 Å². The predicted octanol–water partition coefficient (Wildman–Crippen LogP) is 10.6. The maximum atomic E-state index is 13.3. The van der Waals surface area contributed by atoms with Crippen molar-refractivity contribution >= 4 is 23.6 Å². The van der Waals surface area contributed by atoms with Crippen molar-refractivity contribution in [3.8, 4) is 5.75 Å². The Morgan fingerprint density at radius 1 is 0.811 bits per heavy atom. The number of Topliss-reactive ketones (excluding diaryl/α,β-unsaturated/α-hetero) is 1. The molecule has 0 aliphatic carbocycles. The Kier molecular flexibility index (Phi) is 16.7. The number of rotatable bonds is 21. The Labute approximate surface area is 231 Å². The monoisotopic (exact) mass is 525 g/mol. The smallest absolute Gasteiger partial charge is 0.191 e. The molecule has 37 heavy (non-hydrogen) atoms. The third kappa shape index (κ3) is 13.3. The second-order valence-corrected chi connectivity index (χ2v) is 10.6. The molecular formula is C33H48ClNO2. The Morgan fingerprint density at radius 3 is 1.89 bits per heavy atom. The summed E-state index contributed by atoms with van der Waals surface area (Å²) in [4.78, 5) is 18.0. The van der Waals surface area contributed by atoms with Crippen molar-refractivity contribution < 1.29 is 9.53 Å². The maximum Gasteiger partial charge on any atom is 0.191 e. The van der Waals surface area contributed by atoms with Gasteiger partial charge in [-0.1, -0.05) is 121 Å². The van der Waals surface area contributed by atoms with E-state index in [-0.39, 0.29) is 5.78 Å². The summed E-state index contributed by atoms with van der Waals surface area (Å²) in [5, 5.41) is 0.617. The van der Waals surface area contributed by atoms with Gasteiger partial charge < -0.3 is 4.74 Å². The molecule has 204 valence electrons. The molecule has 0 amide bonds. The standard InChI is InChI=1S/C33H48ClNO2/c1-3-4-5-6-7-8-9-10-11-12-13-14-15-16-17-18-26-35-32(29-20-19-21-31(27-29)37-2)33(36)28-22-24-30(34)25-23-28/h19-27,32H,3-18H2,1-2H3. The predicted molar refractivity (Wildman–Crippen MR) is 160 cm³/mol. The number of carbonyl (C=O) groups is 1. The van der Waals surface area contributed by atoms with Crippen LogP contribution < -0.4 is 4.74 Å². The molecule has 3 nitrogen and oxygen atoms in total. The molecule has 2 aromatic carbocycles. The number of hydrogen-bond acceptors (Lipinski definition) is 3. The first-order valence-corrected chi connectivity index (χ1v) is 15.0. The average molecular weight is 526 g/mol. The van der Waals surface area contributed by atoms with Crippen molar-refractivity contribution in [2.45, 2.75) is 116 Å². The molecule has 0 radical (unpaired) electrons. The second-order valence-electron chi connectivity index (χ2n) is 10.1. The second kappa shape index (κ2) is 19.9. The number of carbonyl (C=O) groups excluding carboxylic acids is 1. The summed E-state index contributed by atoms with van der Waals surface area (Å²) in [7, 11) is 1.63. The molecular weight excluding hydrogens is 478 g/mol. The molecule has 1 atom stereocenters. The van der Waals surface area contributed by atoms with Crippen LogP contribution >= 0.6 is 11.6 Å². The summed E-state index contributed by atoms with van der Waals surface area (Å²) >= 11 is 6.01. The highest BCUT2D eigenvalue weighted by atomic mass is 35.5. The van der Waals surface area contributed by atoms with Crippen LogP contribution in [0.15, 0.2) is 53.5 Å². The number of nitrogens with zero attached hydrogens (tertiary/aromatic N) is 1. The topological polar surface area (TPSA) is 38.7 Å². The molecule has 0 aliphatic heterocycles. The van der Waals surface area contributed by atoms with Crippen LogP contribution in [0.1, 0.15) is 132 Å². The van der Waals surface area contributed by atoms with E-state index in [0.717, 1.165) is 24.2 Å². The Morgan fingerprint density at radius 2 is 1.35 bits per heavy atom. The number of aliphatic imine (C=N–C) groups is 1. The lowest BCUT2D eigenvalue weighted by Gasteiger charge is -2.13. The molecule has 0 bridgehead atoms. The van der Waals surface area contributed by atoms with E-state index < -0.39 is 6.04 Å². The van der Waals surface area contributed by atoms with Crippen LogP contribution in [0.3, 0.4) is 0 Å². The molecule has 4 heteroatoms. The lowest BCUT2D eigenvalue weighted by atomic mass is 9.97. The van der Waals surface area contributed by atoms with Gasteiger partial charge in [-0.05, 0) is 54.8 Å². The molecule has 0 fully saturated rings. The highest BCUT2D eigenvalue weighted by Gasteiger charge is 2.21. The van der Waals surface area contributed by atoms with Crippen molar-refractivity contribution in [3.05, 3.63) is 64.7 Å². The summed E-state index contributed by atoms with van der Waals surface area (Å²) in [6, 6.07) is 14.1. The van der Waals surface area contributed by atoms with Crippen LogP contribution in [0.5, 0.6) is 5.75 Å². The molecule has 0 saturated heterocycles. The minimum Gasteiger partial charge on any atom is -0.497 e. The fraction of sp³-hybridized carbons (Fsp3) is 0.576. The Bertz CT molecular complexity index is 893. The minimum absolute atomic E-state index is 0.0299. The third-order valence-corrected chi connectivity index (χ3v) is 7.23. The van der Waals surface area contributed by atoms with E-state index in [1.807, 2.05) is 30.5 Å². The fourth-order valence-corrected chi connectivity index (χ4v) is 4.80. The van der Waals surface area contributed by atoms with Crippen molar-refractivity contribution in [1.82, 2.24) is 0 Å². The first-order valence-electron chi connectivity index (χ1n) is 14.6. The van der Waals surface area contributed by atoms with Gasteiger partial charge in [-0.25, -0.2) is 0 Å². The van der Waals surface area contributed by atoms with Gasteiger partial charge in [-0.2, -0.15) is 0 Å². The zero-order valence-corrected chi connectivity index (χ0v) is 24.0. The van der Waals surface area contributed by atoms with Gasteiger partial charge in [0.1, 0.15) is 11.8 Å². The first kappa shape index (κ1) is 31.1. The fourth-order valence-electron chi connectivity index (χ4n) is 4.68. The summed E-state index contributed by atoms with van der Waals surface area (Å²) in [6.07, 6.45) is 23.2. The summed E-state index contributed by atoms with van der Waals surface area (Å²) in [5.74, 6) is 0.696. The molecule has 0 saturated carbocycles. The summed E-state index contributed by atoms with van der Waals surface area (Å²) in [6.45, 7) is 2.28. The van der Waals surface area contributed by atoms with Crippen LogP contribution in [-0.4, -0.2) is 19.1 Å². The molecule has 0 spiro atoms. The number of unbranched alkanes of at least 4 members (excludes halogenated alkanes) is 15. The third-order valence-electron chi connectivity index (χ3n) is 6.98. The molecule has 0 aromatic heterocycles. The lowest BCUT2D eigenvalue weighted by molar-refractivity contribution is 0.0962. The van der Waals surface area contributed by atoms with Crippen LogP contribution in [-0.2, 0) is 0 Å². The molecule has 0 heterocycles. The van der Waals surface area contributed by atoms with Gasteiger partial charge in [0.25, 0.3) is 0 Å². The van der Waals surface area contributed by atoms with E-state index in [4.69, 9.17) is 21.3 Å². The summed E-state index contributed by atoms with van der Waals surface area (Å²) in [5.41, 5.74) is 1.45. The number of halogens is 1. The number of hydrogen-bond donors (Lipinski definition) is 0. The zero-order chi connectivity index (χ0) is 26.6. The van der Waals surface area contributed by atoms with Crippen LogP contribution in [0.25, 0.3) is 0 Å². The SMILES string of the molecule is CCCCCCCCCCCCCCCCCC=NC(C(=O)c1ccc(Cl)cc1)c1cccc(OC)c1. The zero-order valence-electron chi connectivity index (χ0n) is 23.2. The van der Waals surface area contributed by atoms with E-state index in [1.165, 1.54) is 89.9 Å². The normalized spacial score (nSPS) is 12.2. The number of ketones is 1. The first-order chi connectivity index (χ1) is 18.2. The Hall–Kier alpha value is -2.13. The molecule has 2 rings (SSSR count). The van der Waals surface area contributed by atoms with Crippen LogP contribution in [0, 0.1) is 0 Å². The average Bonchev–Trinajstić information content (AvgIpc) is 2.92. The van der Waals surface area contributed by atoms with Crippen molar-refractivity contribution in [2.75, 3.05) is 7.11 Å². The van der Waals surface area contributed by atoms with Gasteiger partial charge in [0.15, 0.2) is 5.78 Å². The number of benzene rings is 2. The van der Waals surface area contributed by atoms with Gasteiger partial charge >= 0.3 is 0 Å². The van der Waals surface area contributed by atoms with Gasteiger partial charge in [-0.15, -0.1) is 0 Å². The van der Waals surface area contributed by atoms with E-state index in [2.05, 4.69) is 6.92 Å². The van der Waals surface area contributed by atoms with Crippen molar-refractivity contribution in [3.63, 3.8) is 0 Å². The van der Waals surface area contributed by atoms with Gasteiger partial charge in [0.05, 0.1) is 7.11 Å². The van der Waals surface area contributed by atoms with Crippen molar-refractivity contribution in [1.29, 1.82) is 0 Å². The number of methoxy groups -OCH3 is 1. The lowest BCUT2D eigenvalue weighted by Crippen LogP contribution is -2.11. The van der Waals surface area contributed by atoms with E-state index in [1.54, 1.807) is 31.4 Å². The van der Waals surface area contributed by atoms with Crippen LogP contribution in [0.2, 0.25) is 5.02 Å². The minimum atomic E-state index is -0.576. The van der Waals surface area contributed by atoms with E-state index in [0.29, 0.717) is 10.6 Å². The maximum absolute atomic E-state index is 13.3.